The average molecular weight is 443 g/mol. The normalized spacial score (nSPS) is 11.2. The van der Waals surface area contributed by atoms with Gasteiger partial charge in [0.1, 0.15) is 5.69 Å². The standard InChI is InChI=1S/C20H19BrN4O3/c1-12(14-6-9-18(27-2)19(10-14)28-3)22-25-20(26)17-11-16(23-24-17)13-4-7-15(21)8-5-13/h4-11H,1-3H3,(H,23,24)(H,25,26). The van der Waals surface area contributed by atoms with Crippen molar-refractivity contribution in [1.82, 2.24) is 15.6 Å². The number of aromatic amines is 1. The van der Waals surface area contributed by atoms with Gasteiger partial charge in [0.15, 0.2) is 11.5 Å². The summed E-state index contributed by atoms with van der Waals surface area (Å²) in [7, 11) is 3.14. The first-order valence-corrected chi connectivity index (χ1v) is 9.19. The molecule has 2 aromatic carbocycles. The fraction of sp³-hybridized carbons (Fsp3) is 0.150. The van der Waals surface area contributed by atoms with Crippen molar-refractivity contribution in [2.75, 3.05) is 14.2 Å². The lowest BCUT2D eigenvalue weighted by Crippen LogP contribution is -2.19. The largest absolute Gasteiger partial charge is 0.493 e. The van der Waals surface area contributed by atoms with E-state index in [1.54, 1.807) is 39.3 Å². The van der Waals surface area contributed by atoms with Crippen molar-refractivity contribution < 1.29 is 14.3 Å². The maximum Gasteiger partial charge on any atom is 0.289 e. The smallest absolute Gasteiger partial charge is 0.289 e. The maximum absolute atomic E-state index is 12.4. The van der Waals surface area contributed by atoms with Crippen LogP contribution in [0.2, 0.25) is 0 Å². The summed E-state index contributed by atoms with van der Waals surface area (Å²) in [6.45, 7) is 1.79. The number of hydrazone groups is 1. The maximum atomic E-state index is 12.4. The molecule has 0 aliphatic rings. The van der Waals surface area contributed by atoms with E-state index in [9.17, 15) is 4.79 Å². The van der Waals surface area contributed by atoms with Gasteiger partial charge in [-0.3, -0.25) is 9.89 Å². The fourth-order valence-electron chi connectivity index (χ4n) is 2.53. The highest BCUT2D eigenvalue weighted by molar-refractivity contribution is 9.10. The molecule has 28 heavy (non-hydrogen) atoms. The Hall–Kier alpha value is -3.13. The molecule has 7 nitrogen and oxygen atoms in total. The van der Waals surface area contributed by atoms with Crippen LogP contribution in [0.15, 0.2) is 58.1 Å². The van der Waals surface area contributed by atoms with Gasteiger partial charge in [0.25, 0.3) is 5.91 Å². The Balaban J connectivity index is 1.72. The number of methoxy groups -OCH3 is 2. The second kappa shape index (κ2) is 8.71. The first-order chi connectivity index (χ1) is 13.5. The highest BCUT2D eigenvalue weighted by atomic mass is 79.9. The molecule has 2 N–H and O–H groups in total. The predicted molar refractivity (Wildman–Crippen MR) is 111 cm³/mol. The van der Waals surface area contributed by atoms with Crippen molar-refractivity contribution in [2.24, 2.45) is 5.10 Å². The number of carbonyl (C=O) groups is 1. The Morgan fingerprint density at radius 1 is 1.07 bits per heavy atom. The first-order valence-electron chi connectivity index (χ1n) is 8.40. The van der Waals surface area contributed by atoms with Gasteiger partial charge in [0.05, 0.1) is 25.6 Å². The van der Waals surface area contributed by atoms with E-state index in [0.29, 0.717) is 28.6 Å². The van der Waals surface area contributed by atoms with Crippen LogP contribution in [0.5, 0.6) is 11.5 Å². The number of nitrogens with zero attached hydrogens (tertiary/aromatic N) is 2. The third-order valence-electron chi connectivity index (χ3n) is 4.09. The molecule has 0 spiro atoms. The van der Waals surface area contributed by atoms with Crippen LogP contribution >= 0.6 is 15.9 Å². The van der Waals surface area contributed by atoms with E-state index in [1.807, 2.05) is 30.3 Å². The molecule has 0 saturated heterocycles. The summed E-state index contributed by atoms with van der Waals surface area (Å²) >= 11 is 3.39. The molecule has 0 saturated carbocycles. The van der Waals surface area contributed by atoms with E-state index >= 15 is 0 Å². The van der Waals surface area contributed by atoms with E-state index in [4.69, 9.17) is 9.47 Å². The average Bonchev–Trinajstić information content (AvgIpc) is 3.22. The van der Waals surface area contributed by atoms with Gasteiger partial charge in [-0.15, -0.1) is 0 Å². The minimum absolute atomic E-state index is 0.321. The van der Waals surface area contributed by atoms with Gasteiger partial charge in [-0.05, 0) is 43.3 Å². The van der Waals surface area contributed by atoms with E-state index < -0.39 is 0 Å². The number of rotatable bonds is 6. The molecule has 3 rings (SSSR count). The number of ether oxygens (including phenoxy) is 2. The number of carbonyl (C=O) groups excluding carboxylic acids is 1. The first kappa shape index (κ1) is 19.6. The Kier molecular flexibility index (Phi) is 6.10. The van der Waals surface area contributed by atoms with Crippen molar-refractivity contribution in [2.45, 2.75) is 6.92 Å². The molecule has 0 bridgehead atoms. The zero-order chi connectivity index (χ0) is 20.1. The molecule has 0 aliphatic heterocycles. The van der Waals surface area contributed by atoms with Crippen LogP contribution in [-0.2, 0) is 0 Å². The second-order valence-electron chi connectivity index (χ2n) is 5.88. The number of hydrogen-bond donors (Lipinski definition) is 2. The molecule has 0 atom stereocenters. The number of amides is 1. The summed E-state index contributed by atoms with van der Waals surface area (Å²) in [5, 5.41) is 11.1. The van der Waals surface area contributed by atoms with Crippen LogP contribution in [0.3, 0.4) is 0 Å². The summed E-state index contributed by atoms with van der Waals surface area (Å²) in [5.41, 5.74) is 5.87. The van der Waals surface area contributed by atoms with Crippen LogP contribution in [0.25, 0.3) is 11.3 Å². The molecule has 1 amide bonds. The van der Waals surface area contributed by atoms with Gasteiger partial charge < -0.3 is 9.47 Å². The summed E-state index contributed by atoms with van der Waals surface area (Å²) < 4.78 is 11.5. The van der Waals surface area contributed by atoms with Gasteiger partial charge in [-0.25, -0.2) is 5.43 Å². The topological polar surface area (TPSA) is 88.6 Å². The van der Waals surface area contributed by atoms with Crippen molar-refractivity contribution in [1.29, 1.82) is 0 Å². The van der Waals surface area contributed by atoms with Crippen LogP contribution in [-0.4, -0.2) is 36.0 Å². The number of H-pyrrole nitrogens is 1. The highest BCUT2D eigenvalue weighted by Crippen LogP contribution is 2.27. The quantitative estimate of drug-likeness (QED) is 0.445. The van der Waals surface area contributed by atoms with Gasteiger partial charge in [-0.1, -0.05) is 28.1 Å². The number of aromatic nitrogens is 2. The monoisotopic (exact) mass is 442 g/mol. The molecule has 0 fully saturated rings. The zero-order valence-corrected chi connectivity index (χ0v) is 17.2. The Bertz CT molecular complexity index is 1010. The molecule has 144 valence electrons. The fourth-order valence-corrected chi connectivity index (χ4v) is 2.79. The Morgan fingerprint density at radius 2 is 1.79 bits per heavy atom. The lowest BCUT2D eigenvalue weighted by Gasteiger charge is -2.09. The van der Waals surface area contributed by atoms with Gasteiger partial charge in [-0.2, -0.15) is 10.2 Å². The molecule has 1 heterocycles. The number of nitrogens with one attached hydrogen (secondary N) is 2. The van der Waals surface area contributed by atoms with Gasteiger partial charge in [0.2, 0.25) is 0 Å². The van der Waals surface area contributed by atoms with Crippen LogP contribution in [0.4, 0.5) is 0 Å². The summed E-state index contributed by atoms with van der Waals surface area (Å²) in [4.78, 5) is 12.4. The minimum atomic E-state index is -0.379. The summed E-state index contributed by atoms with van der Waals surface area (Å²) in [5.74, 6) is 0.838. The number of halogens is 1. The molecule has 0 unspecified atom stereocenters. The third kappa shape index (κ3) is 4.40. The molecule has 0 radical (unpaired) electrons. The second-order valence-corrected chi connectivity index (χ2v) is 6.80. The number of benzene rings is 2. The lowest BCUT2D eigenvalue weighted by atomic mass is 10.1. The van der Waals surface area contributed by atoms with Crippen molar-refractivity contribution in [3.63, 3.8) is 0 Å². The molecule has 8 heteroatoms. The van der Waals surface area contributed by atoms with Gasteiger partial charge >= 0.3 is 0 Å². The third-order valence-corrected chi connectivity index (χ3v) is 4.62. The summed E-state index contributed by atoms with van der Waals surface area (Å²) in [6, 6.07) is 14.8. The lowest BCUT2D eigenvalue weighted by molar-refractivity contribution is 0.0950. The zero-order valence-electron chi connectivity index (χ0n) is 15.6. The van der Waals surface area contributed by atoms with Crippen molar-refractivity contribution >= 4 is 27.5 Å². The van der Waals surface area contributed by atoms with Crippen LogP contribution in [0, 0.1) is 0 Å². The Labute approximate surface area is 170 Å². The van der Waals surface area contributed by atoms with Crippen LogP contribution in [0.1, 0.15) is 23.0 Å². The SMILES string of the molecule is COc1ccc(C(C)=NNC(=O)c2cc(-c3ccc(Br)cc3)n[nH]2)cc1OC. The molecule has 0 aliphatic carbocycles. The molecular weight excluding hydrogens is 424 g/mol. The highest BCUT2D eigenvalue weighted by Gasteiger charge is 2.11. The summed E-state index contributed by atoms with van der Waals surface area (Å²) in [6.07, 6.45) is 0. The van der Waals surface area contributed by atoms with Gasteiger partial charge in [0, 0.05) is 15.6 Å². The van der Waals surface area contributed by atoms with E-state index in [-0.39, 0.29) is 5.91 Å². The van der Waals surface area contributed by atoms with Crippen molar-refractivity contribution in [3.05, 3.63) is 64.3 Å². The van der Waals surface area contributed by atoms with E-state index in [0.717, 1.165) is 15.6 Å². The molecule has 3 aromatic rings. The molecular formula is C20H19BrN4O3. The van der Waals surface area contributed by atoms with E-state index in [2.05, 4.69) is 36.7 Å². The minimum Gasteiger partial charge on any atom is -0.493 e. The number of hydrogen-bond acceptors (Lipinski definition) is 5. The predicted octanol–water partition coefficient (Wildman–Crippen LogP) is 4.01. The van der Waals surface area contributed by atoms with Crippen LogP contribution < -0.4 is 14.9 Å². The van der Waals surface area contributed by atoms with Crippen molar-refractivity contribution in [3.8, 4) is 22.8 Å². The molecule has 1 aromatic heterocycles. The Morgan fingerprint density at radius 3 is 2.46 bits per heavy atom. The van der Waals surface area contributed by atoms with E-state index in [1.165, 1.54) is 0 Å².